The maximum Gasteiger partial charge on any atom is 0.0388 e. The molecule has 3 atom stereocenters. The van der Waals surface area contributed by atoms with Crippen molar-refractivity contribution in [1.82, 2.24) is 5.32 Å². The highest BCUT2D eigenvalue weighted by atomic mass is 32.1. The van der Waals surface area contributed by atoms with E-state index in [1.807, 2.05) is 11.3 Å². The van der Waals surface area contributed by atoms with Gasteiger partial charge in [0.25, 0.3) is 0 Å². The van der Waals surface area contributed by atoms with E-state index in [0.29, 0.717) is 18.1 Å². The zero-order valence-corrected chi connectivity index (χ0v) is 10.3. The van der Waals surface area contributed by atoms with Crippen LogP contribution < -0.4 is 11.1 Å². The van der Waals surface area contributed by atoms with Crippen molar-refractivity contribution in [3.05, 3.63) is 21.9 Å². The average Bonchev–Trinajstić information content (AvgIpc) is 2.75. The predicted octanol–water partition coefficient (Wildman–Crippen LogP) is 2.59. The average molecular weight is 224 g/mol. The zero-order valence-electron chi connectivity index (χ0n) is 9.49. The Kier molecular flexibility index (Phi) is 3.44. The summed E-state index contributed by atoms with van der Waals surface area (Å²) >= 11 is 1.89. The van der Waals surface area contributed by atoms with Crippen LogP contribution in [-0.2, 0) is 0 Å². The smallest absolute Gasteiger partial charge is 0.0388 e. The molecule has 1 aromatic heterocycles. The van der Waals surface area contributed by atoms with E-state index in [4.69, 9.17) is 5.73 Å². The van der Waals surface area contributed by atoms with E-state index in [0.717, 1.165) is 6.42 Å². The second-order valence-corrected chi connectivity index (χ2v) is 5.93. The number of rotatable bonds is 3. The van der Waals surface area contributed by atoms with Crippen molar-refractivity contribution in [1.29, 1.82) is 0 Å². The molecule has 2 rings (SSSR count). The van der Waals surface area contributed by atoms with Gasteiger partial charge in [0.05, 0.1) is 0 Å². The number of aryl methyl sites for hydroxylation is 1. The Morgan fingerprint density at radius 1 is 1.47 bits per heavy atom. The summed E-state index contributed by atoms with van der Waals surface area (Å²) in [4.78, 5) is 2.83. The van der Waals surface area contributed by atoms with Gasteiger partial charge in [0.2, 0.25) is 0 Å². The van der Waals surface area contributed by atoms with Crippen molar-refractivity contribution in [3.63, 3.8) is 0 Å². The molecule has 0 radical (unpaired) electrons. The quantitative estimate of drug-likeness (QED) is 0.828. The van der Waals surface area contributed by atoms with E-state index >= 15 is 0 Å². The molecule has 0 bridgehead atoms. The van der Waals surface area contributed by atoms with Gasteiger partial charge in [-0.2, -0.15) is 0 Å². The van der Waals surface area contributed by atoms with Crippen LogP contribution in [0.1, 0.15) is 42.0 Å². The topological polar surface area (TPSA) is 38.0 Å². The summed E-state index contributed by atoms with van der Waals surface area (Å²) in [5.74, 6) is 0. The lowest BCUT2D eigenvalue weighted by atomic mass is 10.2. The molecule has 0 aromatic carbocycles. The van der Waals surface area contributed by atoms with Crippen molar-refractivity contribution in [2.75, 3.05) is 0 Å². The third kappa shape index (κ3) is 2.80. The Hall–Kier alpha value is -0.380. The third-order valence-electron chi connectivity index (χ3n) is 3.15. The minimum atomic E-state index is 0.416. The van der Waals surface area contributed by atoms with Crippen molar-refractivity contribution in [2.24, 2.45) is 5.73 Å². The van der Waals surface area contributed by atoms with Crippen molar-refractivity contribution < 1.29 is 0 Å². The second kappa shape index (κ2) is 4.64. The Morgan fingerprint density at radius 3 is 2.80 bits per heavy atom. The van der Waals surface area contributed by atoms with Gasteiger partial charge in [0.1, 0.15) is 0 Å². The highest BCUT2D eigenvalue weighted by molar-refractivity contribution is 7.12. The molecule has 0 spiro atoms. The van der Waals surface area contributed by atoms with Crippen LogP contribution in [0.3, 0.4) is 0 Å². The highest BCUT2D eigenvalue weighted by Crippen LogP contribution is 2.25. The van der Waals surface area contributed by atoms with Gasteiger partial charge in [-0.3, -0.25) is 0 Å². The van der Waals surface area contributed by atoms with Gasteiger partial charge in [-0.1, -0.05) is 0 Å². The van der Waals surface area contributed by atoms with E-state index in [1.54, 1.807) is 0 Å². The minimum Gasteiger partial charge on any atom is -0.328 e. The van der Waals surface area contributed by atoms with Gasteiger partial charge in [-0.15, -0.1) is 11.3 Å². The first-order valence-electron chi connectivity index (χ1n) is 5.73. The fourth-order valence-electron chi connectivity index (χ4n) is 2.29. The molecule has 1 aliphatic carbocycles. The van der Waals surface area contributed by atoms with Crippen LogP contribution in [0.2, 0.25) is 0 Å². The lowest BCUT2D eigenvalue weighted by Crippen LogP contribution is -2.30. The maximum atomic E-state index is 5.91. The van der Waals surface area contributed by atoms with Crippen molar-refractivity contribution in [3.8, 4) is 0 Å². The normalized spacial score (nSPS) is 28.2. The molecule has 3 heteroatoms. The summed E-state index contributed by atoms with van der Waals surface area (Å²) in [5.41, 5.74) is 5.91. The van der Waals surface area contributed by atoms with Crippen LogP contribution in [0.5, 0.6) is 0 Å². The van der Waals surface area contributed by atoms with Crippen molar-refractivity contribution in [2.45, 2.75) is 51.2 Å². The van der Waals surface area contributed by atoms with Crippen LogP contribution in [0.25, 0.3) is 0 Å². The molecule has 1 saturated carbocycles. The van der Waals surface area contributed by atoms with E-state index in [1.165, 1.54) is 22.6 Å². The molecule has 15 heavy (non-hydrogen) atoms. The number of nitrogens with two attached hydrogens (primary N) is 1. The van der Waals surface area contributed by atoms with Gasteiger partial charge in [-0.25, -0.2) is 0 Å². The summed E-state index contributed by atoms with van der Waals surface area (Å²) in [6.45, 7) is 4.40. The molecule has 2 nitrogen and oxygen atoms in total. The lowest BCUT2D eigenvalue weighted by Gasteiger charge is -2.18. The first-order chi connectivity index (χ1) is 7.15. The monoisotopic (exact) mass is 224 g/mol. The summed E-state index contributed by atoms with van der Waals surface area (Å²) in [7, 11) is 0. The summed E-state index contributed by atoms with van der Waals surface area (Å²) in [6.07, 6.45) is 3.54. The van der Waals surface area contributed by atoms with E-state index < -0.39 is 0 Å². The van der Waals surface area contributed by atoms with E-state index in [-0.39, 0.29) is 0 Å². The molecule has 3 N–H and O–H groups in total. The molecule has 3 unspecified atom stereocenters. The van der Waals surface area contributed by atoms with Gasteiger partial charge >= 0.3 is 0 Å². The first kappa shape index (κ1) is 11.1. The highest BCUT2D eigenvalue weighted by Gasteiger charge is 2.23. The third-order valence-corrected chi connectivity index (χ3v) is 4.33. The molecule has 1 aromatic rings. The van der Waals surface area contributed by atoms with Crippen LogP contribution in [-0.4, -0.2) is 12.1 Å². The minimum absolute atomic E-state index is 0.416. The Labute approximate surface area is 95.9 Å². The SMILES string of the molecule is Cc1ccc(C(C)NC2CCC(N)C2)s1. The summed E-state index contributed by atoms with van der Waals surface area (Å²) < 4.78 is 0. The molecular weight excluding hydrogens is 204 g/mol. The predicted molar refractivity (Wildman–Crippen MR) is 66.2 cm³/mol. The van der Waals surface area contributed by atoms with Gasteiger partial charge in [-0.05, 0) is 45.2 Å². The molecule has 1 fully saturated rings. The number of hydrogen-bond donors (Lipinski definition) is 2. The zero-order chi connectivity index (χ0) is 10.8. The van der Waals surface area contributed by atoms with Crippen LogP contribution in [0, 0.1) is 6.92 Å². The summed E-state index contributed by atoms with van der Waals surface area (Å²) in [6, 6.07) is 5.93. The Balaban J connectivity index is 1.89. The number of hydrogen-bond acceptors (Lipinski definition) is 3. The van der Waals surface area contributed by atoms with E-state index in [2.05, 4.69) is 31.3 Å². The number of thiophene rings is 1. The molecule has 84 valence electrons. The molecule has 1 heterocycles. The van der Waals surface area contributed by atoms with Crippen LogP contribution >= 0.6 is 11.3 Å². The lowest BCUT2D eigenvalue weighted by molar-refractivity contribution is 0.461. The second-order valence-electron chi connectivity index (χ2n) is 4.61. The largest absolute Gasteiger partial charge is 0.328 e. The molecule has 1 aliphatic rings. The molecule has 0 saturated heterocycles. The first-order valence-corrected chi connectivity index (χ1v) is 6.55. The Bertz CT molecular complexity index is 321. The van der Waals surface area contributed by atoms with E-state index in [9.17, 15) is 0 Å². The van der Waals surface area contributed by atoms with Crippen LogP contribution in [0.15, 0.2) is 12.1 Å². The van der Waals surface area contributed by atoms with Crippen LogP contribution in [0.4, 0.5) is 0 Å². The molecule has 0 aliphatic heterocycles. The summed E-state index contributed by atoms with van der Waals surface area (Å²) in [5, 5.41) is 3.67. The Morgan fingerprint density at radius 2 is 2.27 bits per heavy atom. The van der Waals surface area contributed by atoms with Gasteiger partial charge in [0, 0.05) is 27.9 Å². The number of nitrogens with one attached hydrogen (secondary N) is 1. The fraction of sp³-hybridized carbons (Fsp3) is 0.667. The van der Waals surface area contributed by atoms with Gasteiger partial charge < -0.3 is 11.1 Å². The molecular formula is C12H20N2S. The standard InChI is InChI=1S/C12H20N2S/c1-8-3-6-12(15-8)9(2)14-11-5-4-10(13)7-11/h3,6,9-11,14H,4-5,7,13H2,1-2H3. The fourth-order valence-corrected chi connectivity index (χ4v) is 3.18. The maximum absolute atomic E-state index is 5.91. The van der Waals surface area contributed by atoms with Crippen molar-refractivity contribution >= 4 is 11.3 Å². The van der Waals surface area contributed by atoms with Gasteiger partial charge in [0.15, 0.2) is 0 Å². The molecule has 0 amide bonds.